The van der Waals surface area contributed by atoms with Crippen LogP contribution in [0.5, 0.6) is 11.5 Å². The van der Waals surface area contributed by atoms with Crippen LogP contribution in [0.4, 0.5) is 17.1 Å². The molecule has 0 N–H and O–H groups in total. The van der Waals surface area contributed by atoms with Crippen molar-refractivity contribution in [2.45, 2.75) is 13.8 Å². The Kier molecular flexibility index (Phi) is 7.08. The highest BCUT2D eigenvalue weighted by atomic mass is 16.5. The monoisotopic (exact) mass is 863 g/mol. The summed E-state index contributed by atoms with van der Waals surface area (Å²) in [5.74, 6) is 1.81. The van der Waals surface area contributed by atoms with E-state index in [9.17, 15) is 0 Å². The molecule has 0 fully saturated rings. The van der Waals surface area contributed by atoms with E-state index in [1.54, 1.807) is 0 Å². The van der Waals surface area contributed by atoms with Gasteiger partial charge in [-0.15, -0.1) is 0 Å². The lowest BCUT2D eigenvalue weighted by Crippen LogP contribution is -2.63. The molecule has 4 nitrogen and oxygen atoms in total. The molecule has 0 saturated heterocycles. The number of hydrogen-bond acceptors (Lipinski definition) is 2. The Morgan fingerprint density at radius 3 is 1.49 bits per heavy atom. The summed E-state index contributed by atoms with van der Waals surface area (Å²) in [6.07, 6.45) is 0. The molecule has 0 aliphatic carbocycles. The predicted octanol–water partition coefficient (Wildman–Crippen LogP) is 11.4. The molecule has 6 heteroatoms. The number of aromatic nitrogens is 2. The molecular weight excluding hydrogens is 824 g/mol. The van der Waals surface area contributed by atoms with E-state index in [1.807, 2.05) is 0 Å². The Balaban J connectivity index is 1.03. The maximum atomic E-state index is 7.47. The third-order valence-electron chi connectivity index (χ3n) is 15.7. The molecule has 0 spiro atoms. The number of para-hydroxylation sites is 5. The highest BCUT2D eigenvalue weighted by Crippen LogP contribution is 2.46. The van der Waals surface area contributed by atoms with Crippen molar-refractivity contribution in [2.24, 2.45) is 0 Å². The molecule has 12 aromatic rings. The highest BCUT2D eigenvalue weighted by Gasteiger charge is 2.46. The lowest BCUT2D eigenvalue weighted by molar-refractivity contribution is 0.487. The number of hydrogen-bond donors (Lipinski definition) is 0. The minimum absolute atomic E-state index is 0.0385. The number of fused-ring (bicyclic) bond motifs is 14. The van der Waals surface area contributed by atoms with Crippen molar-refractivity contribution in [3.8, 4) is 45.1 Å². The molecule has 16 rings (SSSR count). The second-order valence-corrected chi connectivity index (χ2v) is 19.3. The summed E-state index contributed by atoms with van der Waals surface area (Å²) in [4.78, 5) is 2.52. The van der Waals surface area contributed by atoms with Crippen molar-refractivity contribution < 1.29 is 4.74 Å². The number of nitrogens with zero attached hydrogens (tertiary/aromatic N) is 3. The third kappa shape index (κ3) is 4.71. The smallest absolute Gasteiger partial charge is 0.256 e. The van der Waals surface area contributed by atoms with Gasteiger partial charge in [-0.05, 0) is 117 Å². The minimum Gasteiger partial charge on any atom is -0.458 e. The Bertz CT molecular complexity index is 4210. The van der Waals surface area contributed by atoms with Crippen molar-refractivity contribution in [3.05, 3.63) is 211 Å². The van der Waals surface area contributed by atoms with Crippen LogP contribution in [0, 0.1) is 13.8 Å². The van der Waals surface area contributed by atoms with Gasteiger partial charge in [0.05, 0.1) is 11.0 Å². The van der Waals surface area contributed by atoms with Gasteiger partial charge in [0, 0.05) is 67.1 Å². The molecule has 6 heterocycles. The maximum absolute atomic E-state index is 7.47. The normalized spacial score (nSPS) is 13.5. The van der Waals surface area contributed by atoms with Crippen molar-refractivity contribution >= 4 is 107 Å². The SMILES string of the molecule is Cc1ccc(-c2cc3c4c(c2)-n2c5ccccc5c5cccc(c52)B4c2cc4c(cc2O3)N(c2ccccc2)c2cc(-c3ccc(C)cc3)cc3c2B4c2cccc4c5ccccc5n-3c24)cc1. The minimum atomic E-state index is -0.0533. The predicted molar refractivity (Wildman–Crippen MR) is 286 cm³/mol. The summed E-state index contributed by atoms with van der Waals surface area (Å²) in [5, 5.41) is 5.11. The van der Waals surface area contributed by atoms with Gasteiger partial charge >= 0.3 is 0 Å². The fraction of sp³-hybridized carbons (Fsp3) is 0.0323. The first-order valence-electron chi connectivity index (χ1n) is 23.8. The van der Waals surface area contributed by atoms with Gasteiger partial charge in [0.1, 0.15) is 11.5 Å². The first kappa shape index (κ1) is 36.7. The van der Waals surface area contributed by atoms with E-state index in [0.29, 0.717) is 0 Å². The van der Waals surface area contributed by atoms with E-state index in [2.05, 4.69) is 228 Å². The average Bonchev–Trinajstić information content (AvgIpc) is 3.91. The summed E-state index contributed by atoms with van der Waals surface area (Å²) >= 11 is 0. The summed E-state index contributed by atoms with van der Waals surface area (Å²) < 4.78 is 12.6. The van der Waals surface area contributed by atoms with Crippen LogP contribution in [0.1, 0.15) is 11.1 Å². The number of aryl methyl sites for hydroxylation is 2. The number of benzene rings is 10. The molecule has 0 amide bonds. The number of ether oxygens (including phenoxy) is 1. The van der Waals surface area contributed by atoms with E-state index < -0.39 is 0 Å². The van der Waals surface area contributed by atoms with E-state index in [1.165, 1.54) is 121 Å². The van der Waals surface area contributed by atoms with Crippen LogP contribution in [0.2, 0.25) is 0 Å². The average molecular weight is 864 g/mol. The largest absolute Gasteiger partial charge is 0.458 e. The molecular formula is C62H39B2N3O. The Hall–Kier alpha value is -8.47. The Morgan fingerprint density at radius 1 is 0.353 bits per heavy atom. The van der Waals surface area contributed by atoms with Crippen LogP contribution in [-0.4, -0.2) is 22.6 Å². The van der Waals surface area contributed by atoms with Crippen molar-refractivity contribution in [2.75, 3.05) is 4.90 Å². The van der Waals surface area contributed by atoms with Gasteiger partial charge in [0.2, 0.25) is 0 Å². The van der Waals surface area contributed by atoms with Crippen LogP contribution < -0.4 is 42.4 Å². The van der Waals surface area contributed by atoms with Crippen LogP contribution in [0.3, 0.4) is 0 Å². The summed E-state index contributed by atoms with van der Waals surface area (Å²) in [5.41, 5.74) is 25.8. The molecule has 4 aliphatic rings. The van der Waals surface area contributed by atoms with Crippen LogP contribution in [-0.2, 0) is 0 Å². The van der Waals surface area contributed by atoms with Gasteiger partial charge in [0.15, 0.2) is 0 Å². The van der Waals surface area contributed by atoms with Gasteiger partial charge in [-0.2, -0.15) is 0 Å². The van der Waals surface area contributed by atoms with E-state index >= 15 is 0 Å². The summed E-state index contributed by atoms with van der Waals surface area (Å²) in [6.45, 7) is 4.23. The lowest BCUT2D eigenvalue weighted by Gasteiger charge is -2.42. The summed E-state index contributed by atoms with van der Waals surface area (Å²) in [6, 6.07) is 75.2. The Morgan fingerprint density at radius 2 is 0.868 bits per heavy atom. The molecule has 0 radical (unpaired) electrons. The standard InChI is InChI=1S/C62H39B2N3O/c1-36-22-26-38(27-23-36)40-30-54-59-55(31-40)66-51-20-8-6-14-43(51)45-16-10-18-47(61(45)66)63(59)49-34-50-57(35-53(49)65(54)42-12-4-3-5-13-42)68-58-33-41(39-28-24-37(2)25-29-39)32-56-60(58)64(50)48-19-11-17-46-44-15-7-9-21-52(44)67(56)62(46)48/h3-35H,1-2H3. The van der Waals surface area contributed by atoms with Gasteiger partial charge in [-0.25, -0.2) is 0 Å². The molecule has 10 aromatic carbocycles. The first-order valence-corrected chi connectivity index (χ1v) is 23.8. The Labute approximate surface area is 394 Å². The zero-order valence-corrected chi connectivity index (χ0v) is 37.5. The fourth-order valence-electron chi connectivity index (χ4n) is 12.7. The molecule has 314 valence electrons. The van der Waals surface area contributed by atoms with Gasteiger partial charge in [0.25, 0.3) is 13.4 Å². The quantitative estimate of drug-likeness (QED) is 0.165. The van der Waals surface area contributed by atoms with Crippen LogP contribution in [0.15, 0.2) is 200 Å². The molecule has 68 heavy (non-hydrogen) atoms. The van der Waals surface area contributed by atoms with Crippen molar-refractivity contribution in [1.29, 1.82) is 0 Å². The molecule has 0 unspecified atom stereocenters. The third-order valence-corrected chi connectivity index (χ3v) is 15.7. The van der Waals surface area contributed by atoms with Gasteiger partial charge in [-0.3, -0.25) is 0 Å². The lowest BCUT2D eigenvalue weighted by atomic mass is 9.31. The molecule has 4 aliphatic heterocycles. The second kappa shape index (κ2) is 13.1. The van der Waals surface area contributed by atoms with Crippen LogP contribution in [0.25, 0.3) is 77.2 Å². The summed E-state index contributed by atoms with van der Waals surface area (Å²) in [7, 11) is 0. The highest BCUT2D eigenvalue weighted by molar-refractivity contribution is 7.02. The van der Waals surface area contributed by atoms with Gasteiger partial charge < -0.3 is 18.8 Å². The van der Waals surface area contributed by atoms with Crippen LogP contribution >= 0.6 is 0 Å². The number of rotatable bonds is 3. The molecule has 0 bridgehead atoms. The van der Waals surface area contributed by atoms with E-state index in [0.717, 1.165) is 28.4 Å². The van der Waals surface area contributed by atoms with Crippen molar-refractivity contribution in [3.63, 3.8) is 0 Å². The topological polar surface area (TPSA) is 22.3 Å². The maximum Gasteiger partial charge on any atom is 0.256 e. The van der Waals surface area contributed by atoms with E-state index in [-0.39, 0.29) is 13.4 Å². The van der Waals surface area contributed by atoms with Gasteiger partial charge in [-0.1, -0.05) is 157 Å². The first-order chi connectivity index (χ1) is 33.6. The molecule has 2 aromatic heterocycles. The zero-order chi connectivity index (χ0) is 44.5. The molecule has 0 atom stereocenters. The molecule has 0 saturated carbocycles. The zero-order valence-electron chi connectivity index (χ0n) is 37.5. The van der Waals surface area contributed by atoms with Crippen molar-refractivity contribution in [1.82, 2.24) is 9.13 Å². The number of anilines is 3. The second-order valence-electron chi connectivity index (χ2n) is 19.3. The fourth-order valence-corrected chi connectivity index (χ4v) is 12.7. The van der Waals surface area contributed by atoms with E-state index in [4.69, 9.17) is 4.74 Å².